The van der Waals surface area contributed by atoms with Crippen LogP contribution in [0.15, 0.2) is 48.5 Å². The lowest BCUT2D eigenvalue weighted by molar-refractivity contribution is -0.148. The molecule has 4 atom stereocenters. The molecule has 258 valence electrons. The Bertz CT molecular complexity index is 1430. The number of carbonyl (C=O) groups is 4. The fraction of sp³-hybridized carbons (Fsp3) is 0.484. The maximum absolute atomic E-state index is 12.9. The molecule has 0 spiro atoms. The van der Waals surface area contributed by atoms with Crippen LogP contribution in [-0.4, -0.2) is 73.5 Å². The van der Waals surface area contributed by atoms with Crippen LogP contribution in [0.5, 0.6) is 0 Å². The standard InChI is InChI=1S/C16H18F3NO4.C15H16F3NO4/c1-23-14(21)11-6-7-20(15(22)24-2)13(9-11)10-4-3-5-12(8-10)16(17,18)19;1-23-14(22)19-6-5-10(13(20)21)8-12(19)9-3-2-4-11(7-9)15(16,17)18/h3-5,8,11,13H,6-7,9H2,1-2H3;2-4,7,10,12H,5-6,8H2,1H3,(H,20,21). The van der Waals surface area contributed by atoms with E-state index in [9.17, 15) is 45.5 Å². The average Bonchev–Trinajstić information content (AvgIpc) is 3.06. The number of nitrogens with zero attached hydrogens (tertiary/aromatic N) is 2. The molecule has 0 saturated carbocycles. The number of aliphatic carboxylic acids is 1. The summed E-state index contributed by atoms with van der Waals surface area (Å²) < 4.78 is 91.5. The number of carboxylic acid groups (broad SMARTS) is 1. The van der Waals surface area contributed by atoms with E-state index in [4.69, 9.17) is 14.6 Å². The van der Waals surface area contributed by atoms with Gasteiger partial charge in [0.2, 0.25) is 0 Å². The van der Waals surface area contributed by atoms with Gasteiger partial charge in [-0.2, -0.15) is 26.3 Å². The average molecular weight is 677 g/mol. The SMILES string of the molecule is COC(=O)C1CCN(C(=O)OC)C(c2cccc(C(F)(F)F)c2)C1.COC(=O)N1CCC(C(=O)O)CC1c1cccc(C(F)(F)F)c1. The third kappa shape index (κ3) is 9.29. The molecule has 47 heavy (non-hydrogen) atoms. The lowest BCUT2D eigenvalue weighted by Crippen LogP contribution is -2.42. The Morgan fingerprint density at radius 1 is 0.681 bits per heavy atom. The molecule has 0 bridgehead atoms. The van der Waals surface area contributed by atoms with E-state index in [1.165, 1.54) is 55.4 Å². The number of carboxylic acids is 1. The minimum atomic E-state index is -4.51. The summed E-state index contributed by atoms with van der Waals surface area (Å²) in [7, 11) is 3.64. The van der Waals surface area contributed by atoms with Gasteiger partial charge < -0.3 is 29.1 Å². The van der Waals surface area contributed by atoms with Crippen molar-refractivity contribution >= 4 is 24.1 Å². The maximum Gasteiger partial charge on any atom is 0.416 e. The molecular weight excluding hydrogens is 642 g/mol. The molecular formula is C31H34F6N2O8. The zero-order valence-electron chi connectivity index (χ0n) is 25.6. The summed E-state index contributed by atoms with van der Waals surface area (Å²) in [4.78, 5) is 49.4. The molecule has 1 N–H and O–H groups in total. The molecule has 4 rings (SSSR count). The van der Waals surface area contributed by atoms with Crippen LogP contribution in [-0.2, 0) is 36.2 Å². The van der Waals surface area contributed by atoms with Crippen LogP contribution in [0.3, 0.4) is 0 Å². The number of halogens is 6. The zero-order chi connectivity index (χ0) is 35.1. The number of alkyl halides is 6. The lowest BCUT2D eigenvalue weighted by atomic mass is 9.87. The summed E-state index contributed by atoms with van der Waals surface area (Å²) in [5, 5.41) is 9.15. The normalized spacial score (nSPS) is 21.6. The van der Waals surface area contributed by atoms with Crippen molar-refractivity contribution < 1.29 is 64.8 Å². The predicted molar refractivity (Wildman–Crippen MR) is 152 cm³/mol. The monoisotopic (exact) mass is 676 g/mol. The largest absolute Gasteiger partial charge is 0.481 e. The van der Waals surface area contributed by atoms with Crippen molar-refractivity contribution in [3.05, 3.63) is 70.8 Å². The number of rotatable bonds is 4. The molecule has 2 saturated heterocycles. The van der Waals surface area contributed by atoms with Crippen molar-refractivity contribution in [2.45, 2.75) is 50.1 Å². The molecule has 0 aromatic heterocycles. The Hall–Kier alpha value is -4.50. The summed E-state index contributed by atoms with van der Waals surface area (Å²) in [6, 6.07) is 7.90. The van der Waals surface area contributed by atoms with Gasteiger partial charge in [0.25, 0.3) is 0 Å². The molecule has 2 heterocycles. The number of piperidine rings is 2. The van der Waals surface area contributed by atoms with E-state index in [-0.39, 0.29) is 37.9 Å². The predicted octanol–water partition coefficient (Wildman–Crippen LogP) is 6.71. The minimum absolute atomic E-state index is 0.0474. The van der Waals surface area contributed by atoms with Crippen molar-refractivity contribution in [3.8, 4) is 0 Å². The molecule has 2 aliphatic heterocycles. The Labute approximate surface area is 266 Å². The third-order valence-electron chi connectivity index (χ3n) is 8.10. The Morgan fingerprint density at radius 2 is 1.09 bits per heavy atom. The molecule has 16 heteroatoms. The van der Waals surface area contributed by atoms with Gasteiger partial charge in [0.1, 0.15) is 0 Å². The number of hydrogen-bond acceptors (Lipinski definition) is 7. The van der Waals surface area contributed by atoms with Crippen LogP contribution in [0.2, 0.25) is 0 Å². The van der Waals surface area contributed by atoms with Crippen LogP contribution in [0.25, 0.3) is 0 Å². The first kappa shape index (κ1) is 37.0. The van der Waals surface area contributed by atoms with Crippen molar-refractivity contribution in [1.29, 1.82) is 0 Å². The molecule has 2 aromatic carbocycles. The highest BCUT2D eigenvalue weighted by Gasteiger charge is 2.39. The molecule has 0 radical (unpaired) electrons. The van der Waals surface area contributed by atoms with Crippen molar-refractivity contribution in [1.82, 2.24) is 9.80 Å². The van der Waals surface area contributed by atoms with Crippen molar-refractivity contribution in [2.24, 2.45) is 11.8 Å². The van der Waals surface area contributed by atoms with Crippen LogP contribution in [0.4, 0.5) is 35.9 Å². The van der Waals surface area contributed by atoms with Crippen LogP contribution >= 0.6 is 0 Å². The van der Waals surface area contributed by atoms with E-state index in [1.54, 1.807) is 0 Å². The van der Waals surface area contributed by atoms with Gasteiger partial charge in [0, 0.05) is 13.1 Å². The van der Waals surface area contributed by atoms with Gasteiger partial charge in [-0.05, 0) is 61.1 Å². The van der Waals surface area contributed by atoms with E-state index in [2.05, 4.69) is 4.74 Å². The molecule has 10 nitrogen and oxygen atoms in total. The first-order valence-corrected chi connectivity index (χ1v) is 14.4. The molecule has 2 aromatic rings. The quantitative estimate of drug-likeness (QED) is 0.216. The van der Waals surface area contributed by atoms with Gasteiger partial charge in [0.05, 0.1) is 56.4 Å². The van der Waals surface area contributed by atoms with Crippen LogP contribution < -0.4 is 0 Å². The number of likely N-dealkylation sites (tertiary alicyclic amines) is 2. The Balaban J connectivity index is 0.000000256. The second-order valence-corrected chi connectivity index (χ2v) is 10.9. The van der Waals surface area contributed by atoms with Gasteiger partial charge in [0.15, 0.2) is 0 Å². The lowest BCUT2D eigenvalue weighted by Gasteiger charge is -2.38. The molecule has 4 unspecified atom stereocenters. The zero-order valence-corrected chi connectivity index (χ0v) is 25.6. The molecule has 2 aliphatic rings. The van der Waals surface area contributed by atoms with Crippen molar-refractivity contribution in [3.63, 3.8) is 0 Å². The summed E-state index contributed by atoms with van der Waals surface area (Å²) >= 11 is 0. The Kier molecular flexibility index (Phi) is 12.1. The van der Waals surface area contributed by atoms with Gasteiger partial charge in [-0.1, -0.05) is 24.3 Å². The summed E-state index contributed by atoms with van der Waals surface area (Å²) in [6.45, 7) is 0.317. The van der Waals surface area contributed by atoms with E-state index in [0.29, 0.717) is 12.0 Å². The first-order valence-electron chi connectivity index (χ1n) is 14.4. The first-order chi connectivity index (χ1) is 22.0. The summed E-state index contributed by atoms with van der Waals surface area (Å²) in [6.07, 6.45) is -9.47. The number of ether oxygens (including phenoxy) is 3. The number of hydrogen-bond donors (Lipinski definition) is 1. The minimum Gasteiger partial charge on any atom is -0.481 e. The number of amides is 2. The van der Waals surface area contributed by atoms with Crippen LogP contribution in [0.1, 0.15) is 60.0 Å². The summed E-state index contributed by atoms with van der Waals surface area (Å²) in [5.41, 5.74) is -1.08. The van der Waals surface area contributed by atoms with Gasteiger partial charge in [-0.25, -0.2) is 9.59 Å². The number of benzene rings is 2. The second-order valence-electron chi connectivity index (χ2n) is 10.9. The van der Waals surface area contributed by atoms with E-state index in [1.807, 2.05) is 0 Å². The number of methoxy groups -OCH3 is 3. The summed E-state index contributed by atoms with van der Waals surface area (Å²) in [5.74, 6) is -2.64. The van der Waals surface area contributed by atoms with Gasteiger partial charge in [-0.3, -0.25) is 9.59 Å². The van der Waals surface area contributed by atoms with E-state index < -0.39 is 71.5 Å². The van der Waals surface area contributed by atoms with E-state index in [0.717, 1.165) is 24.3 Å². The highest BCUT2D eigenvalue weighted by Crippen LogP contribution is 2.39. The van der Waals surface area contributed by atoms with Crippen LogP contribution in [0, 0.1) is 11.8 Å². The topological polar surface area (TPSA) is 123 Å². The van der Waals surface area contributed by atoms with Gasteiger partial charge in [-0.15, -0.1) is 0 Å². The van der Waals surface area contributed by atoms with Gasteiger partial charge >= 0.3 is 36.5 Å². The fourth-order valence-corrected chi connectivity index (χ4v) is 5.68. The smallest absolute Gasteiger partial charge is 0.416 e. The highest BCUT2D eigenvalue weighted by atomic mass is 19.4. The fourth-order valence-electron chi connectivity index (χ4n) is 5.68. The molecule has 2 amide bonds. The second kappa shape index (κ2) is 15.4. The van der Waals surface area contributed by atoms with E-state index >= 15 is 0 Å². The molecule has 2 fully saturated rings. The number of esters is 1. The maximum atomic E-state index is 12.9. The third-order valence-corrected chi connectivity index (χ3v) is 8.10. The van der Waals surface area contributed by atoms with Crippen molar-refractivity contribution in [2.75, 3.05) is 34.4 Å². The molecule has 0 aliphatic carbocycles. The number of carbonyl (C=O) groups excluding carboxylic acids is 3. The Morgan fingerprint density at radius 3 is 1.45 bits per heavy atom. The highest BCUT2D eigenvalue weighted by molar-refractivity contribution is 5.74.